The van der Waals surface area contributed by atoms with E-state index in [0.717, 1.165) is 0 Å². The van der Waals surface area contributed by atoms with Gasteiger partial charge in [-0.15, -0.1) is 0 Å². The Balaban J connectivity index is 0. The Morgan fingerprint density at radius 1 is 1.19 bits per heavy atom. The maximum Gasteiger partial charge on any atom is 0.345 e. The van der Waals surface area contributed by atoms with Crippen molar-refractivity contribution in [3.05, 3.63) is 0 Å². The molecule has 1 saturated heterocycles. The quantitative estimate of drug-likeness (QED) is 0.648. The van der Waals surface area contributed by atoms with Crippen LogP contribution in [0.5, 0.6) is 0 Å². The van der Waals surface area contributed by atoms with Gasteiger partial charge in [0.15, 0.2) is 0 Å². The van der Waals surface area contributed by atoms with E-state index in [1.807, 2.05) is 37.3 Å². The first kappa shape index (κ1) is 28.7. The standard InChI is InChI=1S/C11H24N3O3P.C5H12O2.C2H6/c1-10(2)11(15)13-6-8-14(9-7-13)18(16,17-5)12(3)4;1-5(2,7)3-4-6;1-2/h10H,6-9H2,1-5H3;6-7H,3-4H2,1-2H3;1-2H3. The molecule has 1 aliphatic heterocycles. The Kier molecular flexibility index (Phi) is 14.5. The van der Waals surface area contributed by atoms with E-state index in [1.165, 1.54) is 7.11 Å². The van der Waals surface area contributed by atoms with Crippen molar-refractivity contribution in [2.75, 3.05) is 54.0 Å². The van der Waals surface area contributed by atoms with Gasteiger partial charge in [-0.2, -0.15) is 0 Å². The highest BCUT2D eigenvalue weighted by molar-refractivity contribution is 7.53. The number of rotatable bonds is 6. The van der Waals surface area contributed by atoms with Crippen molar-refractivity contribution >= 4 is 13.6 Å². The lowest BCUT2D eigenvalue weighted by Crippen LogP contribution is -2.49. The lowest BCUT2D eigenvalue weighted by molar-refractivity contribution is -0.135. The van der Waals surface area contributed by atoms with E-state index in [4.69, 9.17) is 14.7 Å². The molecule has 0 radical (unpaired) electrons. The molecule has 0 aromatic heterocycles. The van der Waals surface area contributed by atoms with Gasteiger partial charge in [-0.25, -0.2) is 9.34 Å². The van der Waals surface area contributed by atoms with E-state index < -0.39 is 13.3 Å². The van der Waals surface area contributed by atoms with Gasteiger partial charge in [-0.05, 0) is 34.4 Å². The zero-order chi connectivity index (χ0) is 21.8. The topological polar surface area (TPSA) is 93.5 Å². The van der Waals surface area contributed by atoms with Crippen LogP contribution in [0.25, 0.3) is 0 Å². The van der Waals surface area contributed by atoms with Crippen LogP contribution in [0.4, 0.5) is 0 Å². The lowest BCUT2D eigenvalue weighted by atomic mass is 10.1. The molecule has 1 heterocycles. The van der Waals surface area contributed by atoms with E-state index in [1.54, 1.807) is 32.6 Å². The van der Waals surface area contributed by atoms with E-state index in [-0.39, 0.29) is 18.4 Å². The summed E-state index contributed by atoms with van der Waals surface area (Å²) in [5, 5.41) is 17.1. The zero-order valence-electron chi connectivity index (χ0n) is 18.7. The second-order valence-electron chi connectivity index (χ2n) is 7.24. The molecule has 1 rings (SSSR count). The summed E-state index contributed by atoms with van der Waals surface area (Å²) < 4.78 is 21.2. The molecule has 1 amide bonds. The van der Waals surface area contributed by atoms with Crippen molar-refractivity contribution in [3.8, 4) is 0 Å². The third kappa shape index (κ3) is 10.6. The van der Waals surface area contributed by atoms with Gasteiger partial charge in [0.25, 0.3) is 0 Å². The molecular formula is C18H42N3O5P. The fraction of sp³-hybridized carbons (Fsp3) is 0.944. The van der Waals surface area contributed by atoms with Crippen LogP contribution in [-0.2, 0) is 13.9 Å². The minimum absolute atomic E-state index is 0.0135. The summed E-state index contributed by atoms with van der Waals surface area (Å²) in [7, 11) is 2.06. The Labute approximate surface area is 166 Å². The number of hydrogen-bond donors (Lipinski definition) is 2. The SMILES string of the molecule is CC.CC(C)(O)CCO.COP(=O)(N(C)C)N1CCN(C(=O)C(C)C)CC1. The smallest absolute Gasteiger partial charge is 0.345 e. The fourth-order valence-electron chi connectivity index (χ4n) is 2.34. The average Bonchev–Trinajstić information content (AvgIpc) is 2.61. The van der Waals surface area contributed by atoms with Crippen LogP contribution < -0.4 is 0 Å². The van der Waals surface area contributed by atoms with E-state index in [9.17, 15) is 9.36 Å². The number of aliphatic hydroxyl groups is 2. The predicted molar refractivity (Wildman–Crippen MR) is 111 cm³/mol. The number of carbonyl (C=O) groups excluding carboxylic acids is 1. The highest BCUT2D eigenvalue weighted by atomic mass is 31.2. The number of carbonyl (C=O) groups is 1. The summed E-state index contributed by atoms with van der Waals surface area (Å²) in [6, 6.07) is 0. The molecule has 0 spiro atoms. The monoisotopic (exact) mass is 411 g/mol. The van der Waals surface area contributed by atoms with Crippen LogP contribution in [0.3, 0.4) is 0 Å². The van der Waals surface area contributed by atoms with Gasteiger partial charge < -0.3 is 19.6 Å². The molecule has 1 atom stereocenters. The summed E-state index contributed by atoms with van der Waals surface area (Å²) in [6.45, 7) is 13.6. The maximum atomic E-state index is 12.6. The molecule has 0 saturated carbocycles. The first-order chi connectivity index (χ1) is 12.4. The molecular weight excluding hydrogens is 369 g/mol. The number of nitrogens with zero attached hydrogens (tertiary/aromatic N) is 3. The fourth-order valence-corrected chi connectivity index (χ4v) is 4.09. The number of hydrogen-bond acceptors (Lipinski definition) is 5. The molecule has 1 fully saturated rings. The van der Waals surface area contributed by atoms with Gasteiger partial charge in [0, 0.05) is 45.8 Å². The van der Waals surface area contributed by atoms with Crippen molar-refractivity contribution < 1.29 is 24.1 Å². The number of aliphatic hydroxyl groups excluding tert-OH is 1. The highest BCUT2D eigenvalue weighted by Crippen LogP contribution is 2.51. The van der Waals surface area contributed by atoms with Crippen molar-refractivity contribution in [1.82, 2.24) is 14.2 Å². The minimum Gasteiger partial charge on any atom is -0.396 e. The summed E-state index contributed by atoms with van der Waals surface area (Å²) >= 11 is 0. The highest BCUT2D eigenvalue weighted by Gasteiger charge is 2.36. The Bertz CT molecular complexity index is 445. The third-order valence-corrected chi connectivity index (χ3v) is 6.49. The minimum atomic E-state index is -2.90. The Morgan fingerprint density at radius 2 is 1.63 bits per heavy atom. The first-order valence-electron chi connectivity index (χ1n) is 9.60. The van der Waals surface area contributed by atoms with Crippen LogP contribution in [0, 0.1) is 5.92 Å². The molecule has 1 unspecified atom stereocenters. The average molecular weight is 412 g/mol. The molecule has 1 aliphatic rings. The van der Waals surface area contributed by atoms with Crippen molar-refractivity contribution in [1.29, 1.82) is 0 Å². The molecule has 9 heteroatoms. The second-order valence-corrected chi connectivity index (χ2v) is 9.95. The molecule has 2 N–H and O–H groups in total. The van der Waals surface area contributed by atoms with E-state index >= 15 is 0 Å². The van der Waals surface area contributed by atoms with E-state index in [2.05, 4.69) is 0 Å². The molecule has 0 aliphatic carbocycles. The summed E-state index contributed by atoms with van der Waals surface area (Å²) in [5.74, 6) is 0.173. The van der Waals surface area contributed by atoms with Gasteiger partial charge in [0.05, 0.1) is 5.60 Å². The summed E-state index contributed by atoms with van der Waals surface area (Å²) in [6.07, 6.45) is 0.451. The summed E-state index contributed by atoms with van der Waals surface area (Å²) in [5.41, 5.74) is -0.700. The molecule has 0 aromatic rings. The van der Waals surface area contributed by atoms with Crippen LogP contribution in [0.1, 0.15) is 48.0 Å². The van der Waals surface area contributed by atoms with Crippen molar-refractivity contribution in [3.63, 3.8) is 0 Å². The second kappa shape index (κ2) is 13.6. The lowest BCUT2D eigenvalue weighted by Gasteiger charge is -2.40. The van der Waals surface area contributed by atoms with Gasteiger partial charge in [-0.3, -0.25) is 9.36 Å². The van der Waals surface area contributed by atoms with Gasteiger partial charge in [0.2, 0.25) is 5.91 Å². The van der Waals surface area contributed by atoms with Crippen LogP contribution in [0.2, 0.25) is 0 Å². The molecule has 27 heavy (non-hydrogen) atoms. The van der Waals surface area contributed by atoms with E-state index in [0.29, 0.717) is 32.6 Å². The third-order valence-electron chi connectivity index (χ3n) is 3.89. The molecule has 164 valence electrons. The maximum absolute atomic E-state index is 12.6. The normalized spacial score (nSPS) is 17.6. The van der Waals surface area contributed by atoms with Crippen molar-refractivity contribution in [2.45, 2.75) is 53.6 Å². The van der Waals surface area contributed by atoms with Crippen molar-refractivity contribution in [2.24, 2.45) is 5.92 Å². The Hall–Kier alpha value is -0.500. The van der Waals surface area contributed by atoms with Crippen LogP contribution in [-0.4, -0.2) is 90.0 Å². The molecule has 8 nitrogen and oxygen atoms in total. The van der Waals surface area contributed by atoms with Gasteiger partial charge >= 0.3 is 7.67 Å². The van der Waals surface area contributed by atoms with Crippen LogP contribution in [0.15, 0.2) is 0 Å². The first-order valence-corrected chi connectivity index (χ1v) is 11.1. The Morgan fingerprint density at radius 3 is 1.85 bits per heavy atom. The van der Waals surface area contributed by atoms with Gasteiger partial charge in [-0.1, -0.05) is 27.7 Å². The predicted octanol–water partition coefficient (Wildman–Crippen LogP) is 2.27. The zero-order valence-corrected chi connectivity index (χ0v) is 19.6. The van der Waals surface area contributed by atoms with Crippen LogP contribution >= 0.6 is 7.67 Å². The molecule has 0 aromatic carbocycles. The number of piperazine rings is 1. The molecule has 0 bridgehead atoms. The summed E-state index contributed by atoms with van der Waals surface area (Å²) in [4.78, 5) is 13.7. The largest absolute Gasteiger partial charge is 0.396 e. The van der Waals surface area contributed by atoms with Gasteiger partial charge in [0.1, 0.15) is 0 Å². The number of amides is 1.